The van der Waals surface area contributed by atoms with E-state index in [4.69, 9.17) is 0 Å². The Hall–Kier alpha value is -3.68. The number of amides is 1. The number of para-hydroxylation sites is 1. The van der Waals surface area contributed by atoms with E-state index in [9.17, 15) is 23.3 Å². The number of nitrogens with zero attached hydrogens (tertiary/aromatic N) is 5. The summed E-state index contributed by atoms with van der Waals surface area (Å²) in [6, 6.07) is 16.3. The molecule has 0 radical (unpaired) electrons. The summed E-state index contributed by atoms with van der Waals surface area (Å²) in [7, 11) is -3.65. The van der Waals surface area contributed by atoms with Gasteiger partial charge in [-0.25, -0.2) is 13.1 Å². The summed E-state index contributed by atoms with van der Waals surface area (Å²) < 4.78 is 30.0. The molecule has 1 aliphatic rings. The van der Waals surface area contributed by atoms with Gasteiger partial charge in [-0.05, 0) is 49.2 Å². The van der Waals surface area contributed by atoms with Crippen LogP contribution in [0.25, 0.3) is 11.0 Å². The Morgan fingerprint density at radius 2 is 1.81 bits per heavy atom. The molecule has 0 atom stereocenters. The Kier molecular flexibility index (Phi) is 6.51. The quantitative estimate of drug-likeness (QED) is 0.288. The van der Waals surface area contributed by atoms with Gasteiger partial charge in [0.2, 0.25) is 0 Å². The Morgan fingerprint density at radius 1 is 1.08 bits per heavy atom. The zero-order chi connectivity index (χ0) is 25.3. The lowest BCUT2D eigenvalue weighted by atomic mass is 10.1. The molecular weight excluding hydrogens is 504 g/mol. The summed E-state index contributed by atoms with van der Waals surface area (Å²) in [5, 5.41) is 21.9. The molecule has 5 rings (SSSR count). The maximum atomic E-state index is 13.2. The van der Waals surface area contributed by atoms with Crippen LogP contribution >= 0.6 is 11.3 Å². The van der Waals surface area contributed by atoms with Gasteiger partial charge in [-0.1, -0.05) is 17.3 Å². The zero-order valence-electron chi connectivity index (χ0n) is 19.0. The highest BCUT2D eigenvalue weighted by Crippen LogP contribution is 2.31. The van der Waals surface area contributed by atoms with Gasteiger partial charge in [0.25, 0.3) is 21.6 Å². The van der Waals surface area contributed by atoms with Crippen molar-refractivity contribution in [3.05, 3.63) is 81.2 Å². The molecule has 4 aromatic rings. The van der Waals surface area contributed by atoms with Crippen molar-refractivity contribution in [2.45, 2.75) is 29.6 Å². The van der Waals surface area contributed by atoms with E-state index in [0.717, 1.165) is 22.4 Å². The van der Waals surface area contributed by atoms with Crippen LogP contribution in [0.4, 0.5) is 5.69 Å². The fraction of sp³-hybridized carbons (Fsp3) is 0.261. The minimum absolute atomic E-state index is 0.0809. The number of carbonyl (C=O) groups excluding carboxylic acids is 1. The predicted octanol–water partition coefficient (Wildman–Crippen LogP) is 3.36. The van der Waals surface area contributed by atoms with E-state index < -0.39 is 20.9 Å². The number of hydrogen-bond donors (Lipinski definition) is 1. The monoisotopic (exact) mass is 526 g/mol. The maximum absolute atomic E-state index is 13.2. The van der Waals surface area contributed by atoms with Crippen LogP contribution in [0, 0.1) is 10.1 Å². The number of nitrogens with one attached hydrogen (secondary N) is 1. The van der Waals surface area contributed by atoms with Gasteiger partial charge < -0.3 is 5.32 Å². The molecule has 13 heteroatoms. The van der Waals surface area contributed by atoms with Crippen molar-refractivity contribution in [2.24, 2.45) is 0 Å². The number of benzene rings is 2. The molecule has 2 aromatic carbocycles. The van der Waals surface area contributed by atoms with Gasteiger partial charge in [-0.3, -0.25) is 14.9 Å². The fourth-order valence-electron chi connectivity index (χ4n) is 4.21. The SMILES string of the molecule is O=C(NCc1ccc(S(=O)(=O)N2CCC(n3nnc4ccccc43)CC2)s1)c1ccc([N+](=O)[O-])cc1. The summed E-state index contributed by atoms with van der Waals surface area (Å²) >= 11 is 1.12. The van der Waals surface area contributed by atoms with Crippen molar-refractivity contribution in [3.63, 3.8) is 0 Å². The first-order valence-electron chi connectivity index (χ1n) is 11.2. The number of rotatable bonds is 7. The molecule has 0 spiro atoms. The number of thiophene rings is 1. The number of sulfonamides is 1. The summed E-state index contributed by atoms with van der Waals surface area (Å²) in [5.74, 6) is -0.398. The first kappa shape index (κ1) is 24.0. The van der Waals surface area contributed by atoms with Gasteiger partial charge in [0.05, 0.1) is 23.0 Å². The Bertz CT molecular complexity index is 1520. The van der Waals surface area contributed by atoms with Crippen LogP contribution < -0.4 is 5.32 Å². The molecule has 36 heavy (non-hydrogen) atoms. The molecule has 0 saturated carbocycles. The van der Waals surface area contributed by atoms with E-state index >= 15 is 0 Å². The van der Waals surface area contributed by atoms with Crippen molar-refractivity contribution in [2.75, 3.05) is 13.1 Å². The average molecular weight is 527 g/mol. The van der Waals surface area contributed by atoms with Crippen LogP contribution in [-0.4, -0.2) is 51.6 Å². The topological polar surface area (TPSA) is 140 Å². The molecule has 11 nitrogen and oxygen atoms in total. The molecule has 186 valence electrons. The largest absolute Gasteiger partial charge is 0.347 e. The van der Waals surface area contributed by atoms with E-state index in [-0.39, 0.29) is 28.0 Å². The third kappa shape index (κ3) is 4.72. The number of nitro benzene ring substituents is 1. The Labute approximate surface area is 210 Å². The second-order valence-electron chi connectivity index (χ2n) is 8.37. The average Bonchev–Trinajstić information content (AvgIpc) is 3.55. The number of non-ortho nitro benzene ring substituents is 1. The molecule has 0 bridgehead atoms. The van der Waals surface area contributed by atoms with Crippen molar-refractivity contribution < 1.29 is 18.1 Å². The van der Waals surface area contributed by atoms with E-state index in [0.29, 0.717) is 30.8 Å². The number of nitro groups is 1. The first-order chi connectivity index (χ1) is 17.3. The van der Waals surface area contributed by atoms with E-state index in [1.54, 1.807) is 12.1 Å². The third-order valence-corrected chi connectivity index (χ3v) is 9.59. The van der Waals surface area contributed by atoms with Crippen LogP contribution in [0.5, 0.6) is 0 Å². The highest BCUT2D eigenvalue weighted by atomic mass is 32.2. The molecule has 3 heterocycles. The number of fused-ring (bicyclic) bond motifs is 1. The maximum Gasteiger partial charge on any atom is 0.269 e. The smallest absolute Gasteiger partial charge is 0.269 e. The van der Waals surface area contributed by atoms with Gasteiger partial charge in [-0.2, -0.15) is 4.31 Å². The van der Waals surface area contributed by atoms with Crippen molar-refractivity contribution in [1.82, 2.24) is 24.6 Å². The van der Waals surface area contributed by atoms with Gasteiger partial charge >= 0.3 is 0 Å². The minimum Gasteiger partial charge on any atom is -0.347 e. The second-order valence-corrected chi connectivity index (χ2v) is 11.7. The number of piperidine rings is 1. The Balaban J connectivity index is 1.19. The van der Waals surface area contributed by atoms with E-state index in [1.807, 2.05) is 28.9 Å². The molecule has 1 aliphatic heterocycles. The van der Waals surface area contributed by atoms with Crippen molar-refractivity contribution >= 4 is 44.0 Å². The van der Waals surface area contributed by atoms with Gasteiger partial charge in [0, 0.05) is 35.7 Å². The number of carbonyl (C=O) groups is 1. The van der Waals surface area contributed by atoms with Crippen LogP contribution in [0.3, 0.4) is 0 Å². The normalized spacial score (nSPS) is 15.2. The van der Waals surface area contributed by atoms with E-state index in [2.05, 4.69) is 15.6 Å². The fourth-order valence-corrected chi connectivity index (χ4v) is 7.13. The van der Waals surface area contributed by atoms with Crippen LogP contribution in [0.1, 0.15) is 34.1 Å². The molecule has 0 aliphatic carbocycles. The zero-order valence-corrected chi connectivity index (χ0v) is 20.6. The highest BCUT2D eigenvalue weighted by Gasteiger charge is 2.32. The van der Waals surface area contributed by atoms with Gasteiger partial charge in [0.1, 0.15) is 9.73 Å². The molecule has 2 aromatic heterocycles. The summed E-state index contributed by atoms with van der Waals surface area (Å²) in [5.41, 5.74) is 1.95. The van der Waals surface area contributed by atoms with Gasteiger partial charge in [-0.15, -0.1) is 16.4 Å². The molecule has 1 fully saturated rings. The standard InChI is InChI=1S/C23H22N6O5S2/c30-23(16-5-7-18(8-6-16)29(31)32)24-15-19-9-10-22(35-19)36(33,34)27-13-11-17(12-14-27)28-21-4-2-1-3-20(21)25-26-28/h1-10,17H,11-15H2,(H,24,30). The van der Waals surface area contributed by atoms with Crippen molar-refractivity contribution in [1.29, 1.82) is 0 Å². The Morgan fingerprint density at radius 3 is 2.53 bits per heavy atom. The highest BCUT2D eigenvalue weighted by molar-refractivity contribution is 7.91. The summed E-state index contributed by atoms with van der Waals surface area (Å²) in [6.07, 6.45) is 1.27. The van der Waals surface area contributed by atoms with Gasteiger partial charge in [0.15, 0.2) is 0 Å². The first-order valence-corrected chi connectivity index (χ1v) is 13.5. The molecule has 1 N–H and O–H groups in total. The van der Waals surface area contributed by atoms with Crippen LogP contribution in [0.2, 0.25) is 0 Å². The van der Waals surface area contributed by atoms with Crippen LogP contribution in [0.15, 0.2) is 64.9 Å². The number of aromatic nitrogens is 3. The molecule has 1 amide bonds. The second kappa shape index (κ2) is 9.76. The third-order valence-electron chi connectivity index (χ3n) is 6.14. The lowest BCUT2D eigenvalue weighted by molar-refractivity contribution is -0.384. The molecule has 0 unspecified atom stereocenters. The van der Waals surface area contributed by atoms with Crippen molar-refractivity contribution in [3.8, 4) is 0 Å². The lowest BCUT2D eigenvalue weighted by Crippen LogP contribution is -2.38. The van der Waals surface area contributed by atoms with Crippen LogP contribution in [-0.2, 0) is 16.6 Å². The lowest BCUT2D eigenvalue weighted by Gasteiger charge is -2.30. The predicted molar refractivity (Wildman–Crippen MR) is 133 cm³/mol. The number of hydrogen-bond acceptors (Lipinski definition) is 8. The summed E-state index contributed by atoms with van der Waals surface area (Å²) in [4.78, 5) is 23.3. The molecule has 1 saturated heterocycles. The minimum atomic E-state index is -3.65. The molecular formula is C23H22N6O5S2. The summed E-state index contributed by atoms with van der Waals surface area (Å²) in [6.45, 7) is 0.911. The van der Waals surface area contributed by atoms with E-state index in [1.165, 1.54) is 28.6 Å².